The Bertz CT molecular complexity index is 528. The molecule has 2 aromatic rings. The fraction of sp³-hybridized carbons (Fsp3) is 0.400. The molecule has 1 aromatic heterocycles. The summed E-state index contributed by atoms with van der Waals surface area (Å²) in [6.45, 7) is 3.01. The van der Waals surface area contributed by atoms with Gasteiger partial charge in [-0.15, -0.1) is 0 Å². The molecule has 20 heavy (non-hydrogen) atoms. The van der Waals surface area contributed by atoms with Gasteiger partial charge in [-0.05, 0) is 30.7 Å². The minimum atomic E-state index is -0.344. The normalized spacial score (nSPS) is 12.3. The maximum absolute atomic E-state index is 13.5. The highest BCUT2D eigenvalue weighted by Crippen LogP contribution is 2.24. The molecule has 2 rings (SSSR count). The van der Waals surface area contributed by atoms with Crippen LogP contribution in [0.25, 0.3) is 0 Å². The second-order valence-electron chi connectivity index (χ2n) is 4.64. The quantitative estimate of drug-likeness (QED) is 0.818. The number of aromatic nitrogens is 2. The van der Waals surface area contributed by atoms with E-state index in [1.807, 2.05) is 0 Å². The zero-order valence-corrected chi connectivity index (χ0v) is 11.8. The molecule has 0 radical (unpaired) electrons. The van der Waals surface area contributed by atoms with Gasteiger partial charge in [0.25, 0.3) is 0 Å². The van der Waals surface area contributed by atoms with Crippen molar-refractivity contribution in [1.82, 2.24) is 15.3 Å². The van der Waals surface area contributed by atoms with Gasteiger partial charge in [0.05, 0.1) is 7.11 Å². The van der Waals surface area contributed by atoms with Crippen molar-refractivity contribution in [3.63, 3.8) is 0 Å². The summed E-state index contributed by atoms with van der Waals surface area (Å²) in [5.74, 6) is 0.829. The third-order valence-corrected chi connectivity index (χ3v) is 3.17. The molecule has 108 valence electrons. The van der Waals surface area contributed by atoms with Crippen molar-refractivity contribution in [1.29, 1.82) is 0 Å². The average Bonchev–Trinajstić information content (AvgIpc) is 2.97. The van der Waals surface area contributed by atoms with Crippen LogP contribution in [0.3, 0.4) is 0 Å². The Morgan fingerprint density at radius 1 is 1.45 bits per heavy atom. The predicted octanol–water partition coefficient (Wildman–Crippen LogP) is 2.84. The number of hydrogen-bond acceptors (Lipinski definition) is 3. The van der Waals surface area contributed by atoms with Crippen LogP contribution in [0.15, 0.2) is 30.6 Å². The number of methoxy groups -OCH3 is 1. The van der Waals surface area contributed by atoms with Crippen LogP contribution in [0.4, 0.5) is 4.39 Å². The zero-order chi connectivity index (χ0) is 14.4. The lowest BCUT2D eigenvalue weighted by Crippen LogP contribution is -2.24. The smallest absolute Gasteiger partial charge is 0.165 e. The number of hydrogen-bond donors (Lipinski definition) is 2. The van der Waals surface area contributed by atoms with Crippen molar-refractivity contribution in [3.8, 4) is 5.75 Å². The second kappa shape index (κ2) is 7.05. The summed E-state index contributed by atoms with van der Waals surface area (Å²) in [6, 6.07) is 5.05. The molecule has 1 aromatic carbocycles. The van der Waals surface area contributed by atoms with Crippen LogP contribution >= 0.6 is 0 Å². The van der Waals surface area contributed by atoms with Crippen LogP contribution in [0.1, 0.15) is 30.8 Å². The fourth-order valence-electron chi connectivity index (χ4n) is 2.12. The van der Waals surface area contributed by atoms with Gasteiger partial charge < -0.3 is 15.0 Å². The monoisotopic (exact) mass is 277 g/mol. The molecule has 0 bridgehead atoms. The number of imidazole rings is 1. The summed E-state index contributed by atoms with van der Waals surface area (Å²) in [6.07, 6.45) is 5.30. The first-order valence-corrected chi connectivity index (χ1v) is 6.79. The first-order chi connectivity index (χ1) is 9.74. The SMILES string of the molecule is CCCNC(Cc1ncc[nH]1)c1ccc(F)c(OC)c1. The van der Waals surface area contributed by atoms with Crippen LogP contribution in [-0.2, 0) is 6.42 Å². The molecule has 1 heterocycles. The number of halogens is 1. The molecule has 0 aliphatic heterocycles. The Morgan fingerprint density at radius 2 is 2.30 bits per heavy atom. The van der Waals surface area contributed by atoms with Crippen molar-refractivity contribution in [2.45, 2.75) is 25.8 Å². The molecular formula is C15H20FN3O. The van der Waals surface area contributed by atoms with Gasteiger partial charge in [-0.2, -0.15) is 0 Å². The van der Waals surface area contributed by atoms with Crippen molar-refractivity contribution >= 4 is 0 Å². The minimum absolute atomic E-state index is 0.0793. The van der Waals surface area contributed by atoms with E-state index in [9.17, 15) is 4.39 Å². The summed E-state index contributed by atoms with van der Waals surface area (Å²) in [4.78, 5) is 7.35. The third kappa shape index (κ3) is 3.57. The summed E-state index contributed by atoms with van der Waals surface area (Å²) in [5, 5.41) is 3.46. The molecule has 0 saturated carbocycles. The molecule has 5 heteroatoms. The Labute approximate surface area is 118 Å². The molecule has 1 atom stereocenters. The molecule has 0 spiro atoms. The van der Waals surface area contributed by atoms with E-state index >= 15 is 0 Å². The third-order valence-electron chi connectivity index (χ3n) is 3.17. The molecule has 0 fully saturated rings. The van der Waals surface area contributed by atoms with E-state index in [-0.39, 0.29) is 17.6 Å². The van der Waals surface area contributed by atoms with Crippen molar-refractivity contribution in [2.24, 2.45) is 0 Å². The number of H-pyrrole nitrogens is 1. The van der Waals surface area contributed by atoms with Crippen molar-refractivity contribution in [3.05, 3.63) is 47.8 Å². The Hall–Kier alpha value is -1.88. The molecule has 1 unspecified atom stereocenters. The Morgan fingerprint density at radius 3 is 2.95 bits per heavy atom. The largest absolute Gasteiger partial charge is 0.494 e. The van der Waals surface area contributed by atoms with Crippen LogP contribution in [0.2, 0.25) is 0 Å². The topological polar surface area (TPSA) is 49.9 Å². The molecular weight excluding hydrogens is 257 g/mol. The van der Waals surface area contributed by atoms with E-state index < -0.39 is 0 Å². The molecule has 0 aliphatic carbocycles. The highest BCUT2D eigenvalue weighted by atomic mass is 19.1. The van der Waals surface area contributed by atoms with Gasteiger partial charge in [-0.1, -0.05) is 13.0 Å². The Kier molecular flexibility index (Phi) is 5.12. The highest BCUT2D eigenvalue weighted by Gasteiger charge is 2.15. The maximum atomic E-state index is 13.5. The molecule has 0 saturated heterocycles. The number of benzene rings is 1. The average molecular weight is 277 g/mol. The molecule has 0 amide bonds. The lowest BCUT2D eigenvalue weighted by atomic mass is 10.0. The highest BCUT2D eigenvalue weighted by molar-refractivity contribution is 5.32. The van der Waals surface area contributed by atoms with Gasteiger partial charge in [0, 0.05) is 24.9 Å². The summed E-state index contributed by atoms with van der Waals surface area (Å²) < 4.78 is 18.5. The lowest BCUT2D eigenvalue weighted by molar-refractivity contribution is 0.384. The minimum Gasteiger partial charge on any atom is -0.494 e. The maximum Gasteiger partial charge on any atom is 0.165 e. The predicted molar refractivity (Wildman–Crippen MR) is 76.3 cm³/mol. The molecule has 0 aliphatic rings. The van der Waals surface area contributed by atoms with Gasteiger partial charge in [0.1, 0.15) is 5.82 Å². The number of nitrogens with zero attached hydrogens (tertiary/aromatic N) is 1. The van der Waals surface area contributed by atoms with E-state index in [0.29, 0.717) is 0 Å². The van der Waals surface area contributed by atoms with Gasteiger partial charge in [-0.3, -0.25) is 0 Å². The van der Waals surface area contributed by atoms with Crippen LogP contribution in [-0.4, -0.2) is 23.6 Å². The first kappa shape index (κ1) is 14.5. The van der Waals surface area contributed by atoms with E-state index in [2.05, 4.69) is 22.2 Å². The molecule has 2 N–H and O–H groups in total. The van der Waals surface area contributed by atoms with Crippen molar-refractivity contribution < 1.29 is 9.13 Å². The van der Waals surface area contributed by atoms with E-state index in [4.69, 9.17) is 4.74 Å². The number of aromatic amines is 1. The van der Waals surface area contributed by atoms with Crippen molar-refractivity contribution in [2.75, 3.05) is 13.7 Å². The van der Waals surface area contributed by atoms with Crippen LogP contribution in [0, 0.1) is 5.82 Å². The molecule has 4 nitrogen and oxygen atoms in total. The van der Waals surface area contributed by atoms with Gasteiger partial charge in [-0.25, -0.2) is 9.37 Å². The number of rotatable bonds is 7. The summed E-state index contributed by atoms with van der Waals surface area (Å²) in [5.41, 5.74) is 0.994. The fourth-order valence-corrected chi connectivity index (χ4v) is 2.12. The van der Waals surface area contributed by atoms with E-state index in [1.165, 1.54) is 13.2 Å². The number of nitrogens with one attached hydrogen (secondary N) is 2. The zero-order valence-electron chi connectivity index (χ0n) is 11.8. The van der Waals surface area contributed by atoms with Gasteiger partial charge in [0.15, 0.2) is 11.6 Å². The first-order valence-electron chi connectivity index (χ1n) is 6.79. The van der Waals surface area contributed by atoms with E-state index in [1.54, 1.807) is 24.5 Å². The Balaban J connectivity index is 2.20. The van der Waals surface area contributed by atoms with Crippen LogP contribution in [0.5, 0.6) is 5.75 Å². The second-order valence-corrected chi connectivity index (χ2v) is 4.64. The van der Waals surface area contributed by atoms with Gasteiger partial charge >= 0.3 is 0 Å². The van der Waals surface area contributed by atoms with E-state index in [0.717, 1.165) is 30.8 Å². The number of ether oxygens (including phenoxy) is 1. The van der Waals surface area contributed by atoms with Gasteiger partial charge in [0.2, 0.25) is 0 Å². The lowest BCUT2D eigenvalue weighted by Gasteiger charge is -2.19. The summed E-state index contributed by atoms with van der Waals surface area (Å²) >= 11 is 0. The standard InChI is InChI=1S/C15H20FN3O/c1-3-6-17-13(10-15-18-7-8-19-15)11-4-5-12(16)14(9-11)20-2/h4-5,7-9,13,17H,3,6,10H2,1-2H3,(H,18,19). The summed E-state index contributed by atoms with van der Waals surface area (Å²) in [7, 11) is 1.48. The van der Waals surface area contributed by atoms with Crippen LogP contribution < -0.4 is 10.1 Å².